The molecule has 1 atom stereocenters. The molecule has 46 heavy (non-hydrogen) atoms. The number of aryl methyl sites for hydroxylation is 1. The summed E-state index contributed by atoms with van der Waals surface area (Å²) < 4.78 is 5.85. The summed E-state index contributed by atoms with van der Waals surface area (Å²) in [5.74, 6) is -1.38. The van der Waals surface area contributed by atoms with Crippen molar-refractivity contribution in [2.24, 2.45) is 0 Å². The molecule has 8 N–H and O–H groups in total. The van der Waals surface area contributed by atoms with Crippen LogP contribution >= 0.6 is 0 Å². The summed E-state index contributed by atoms with van der Waals surface area (Å²) in [7, 11) is 0. The van der Waals surface area contributed by atoms with Crippen LogP contribution in [0, 0.1) is 0 Å². The highest BCUT2D eigenvalue weighted by Gasteiger charge is 2.27. The first-order valence-electron chi connectivity index (χ1n) is 14.0. The fraction of sp³-hybridized carbons (Fsp3) is 0.133. The molecule has 0 radical (unpaired) electrons. The van der Waals surface area contributed by atoms with E-state index >= 15 is 0 Å². The number of fused-ring (bicyclic) bond motifs is 2. The van der Waals surface area contributed by atoms with E-state index in [1.165, 1.54) is 16.8 Å². The van der Waals surface area contributed by atoms with Crippen molar-refractivity contribution < 1.29 is 14.1 Å². The highest BCUT2D eigenvalue weighted by molar-refractivity contribution is 5.99. The number of rotatable bonds is 8. The quantitative estimate of drug-likeness (QED) is 0.130. The molecular formula is C30H24N10O6. The average Bonchev–Trinajstić information content (AvgIpc) is 3.79. The number of anilines is 4. The topological polar surface area (TPSA) is 245 Å². The van der Waals surface area contributed by atoms with Gasteiger partial charge < -0.3 is 27.4 Å². The van der Waals surface area contributed by atoms with Gasteiger partial charge in [0.1, 0.15) is 22.8 Å². The molecule has 0 bridgehead atoms. The summed E-state index contributed by atoms with van der Waals surface area (Å²) in [6.07, 6.45) is 2.66. The first kappa shape index (κ1) is 28.2. The first-order valence-corrected chi connectivity index (χ1v) is 14.0. The van der Waals surface area contributed by atoms with Gasteiger partial charge in [-0.05, 0) is 47.7 Å². The minimum Gasteiger partial charge on any atom is -0.394 e. The summed E-state index contributed by atoms with van der Waals surface area (Å²) in [6, 6.07) is 13.4. The number of nitrogens with zero attached hydrogens (tertiary/aromatic N) is 4. The van der Waals surface area contributed by atoms with Crippen LogP contribution in [0.2, 0.25) is 0 Å². The molecule has 16 nitrogen and oxygen atoms in total. The fourth-order valence-corrected chi connectivity index (χ4v) is 5.47. The van der Waals surface area contributed by atoms with E-state index in [1.807, 2.05) is 12.1 Å². The molecule has 3 aromatic carbocycles. The van der Waals surface area contributed by atoms with Crippen LogP contribution in [-0.2, 0) is 13.0 Å². The SMILES string of the molecule is Nc1c(Nc2cccc(CNC(=O)c3cc(C(=O)N[C@H]4CCc5cc(-c6noc(=O)[nH]6)ccc54)nc4c(N)cnn34)c2)c(=O)c1=O. The van der Waals surface area contributed by atoms with Crippen LogP contribution in [0.3, 0.4) is 0 Å². The summed E-state index contributed by atoms with van der Waals surface area (Å²) in [5, 5.41) is 16.5. The largest absolute Gasteiger partial charge is 0.439 e. The minimum absolute atomic E-state index is 0.0214. The van der Waals surface area contributed by atoms with E-state index in [2.05, 4.69) is 40.7 Å². The van der Waals surface area contributed by atoms with Gasteiger partial charge in [-0.2, -0.15) is 5.10 Å². The van der Waals surface area contributed by atoms with Crippen molar-refractivity contribution >= 4 is 40.2 Å². The van der Waals surface area contributed by atoms with Crippen molar-refractivity contribution in [3.05, 3.63) is 114 Å². The molecule has 0 fully saturated rings. The number of hydrogen-bond donors (Lipinski definition) is 6. The Labute approximate surface area is 257 Å². The Morgan fingerprint density at radius 2 is 1.89 bits per heavy atom. The zero-order chi connectivity index (χ0) is 32.1. The van der Waals surface area contributed by atoms with Crippen LogP contribution in [0.25, 0.3) is 17.0 Å². The Kier molecular flexibility index (Phi) is 6.65. The van der Waals surface area contributed by atoms with E-state index in [9.17, 15) is 24.0 Å². The van der Waals surface area contributed by atoms with Gasteiger partial charge in [-0.25, -0.2) is 14.3 Å². The summed E-state index contributed by atoms with van der Waals surface area (Å²) >= 11 is 0. The Balaban J connectivity index is 1.08. The molecule has 16 heteroatoms. The molecule has 6 aromatic rings. The van der Waals surface area contributed by atoms with E-state index < -0.39 is 28.4 Å². The van der Waals surface area contributed by atoms with Gasteiger partial charge in [0.25, 0.3) is 22.7 Å². The molecule has 230 valence electrons. The van der Waals surface area contributed by atoms with Crippen molar-refractivity contribution in [2.45, 2.75) is 25.4 Å². The minimum atomic E-state index is -0.729. The maximum Gasteiger partial charge on any atom is 0.439 e. The van der Waals surface area contributed by atoms with Crippen LogP contribution in [0.15, 0.2) is 73.6 Å². The number of nitrogens with one attached hydrogen (secondary N) is 4. The molecule has 1 aliphatic rings. The van der Waals surface area contributed by atoms with E-state index in [-0.39, 0.29) is 46.7 Å². The molecule has 2 amide bonds. The molecule has 7 rings (SSSR count). The lowest BCUT2D eigenvalue weighted by molar-refractivity contribution is 0.0931. The Hall–Kier alpha value is -6.58. The highest BCUT2D eigenvalue weighted by atomic mass is 16.5. The first-order chi connectivity index (χ1) is 22.2. The van der Waals surface area contributed by atoms with E-state index in [4.69, 9.17) is 11.5 Å². The predicted molar refractivity (Wildman–Crippen MR) is 165 cm³/mol. The lowest BCUT2D eigenvalue weighted by atomic mass is 10.0. The van der Waals surface area contributed by atoms with Crippen LogP contribution < -0.4 is 44.0 Å². The number of H-pyrrole nitrogens is 1. The second kappa shape index (κ2) is 10.8. The number of benzene rings is 2. The van der Waals surface area contributed by atoms with Gasteiger partial charge in [0, 0.05) is 23.9 Å². The Bertz CT molecular complexity index is 2330. The zero-order valence-electron chi connectivity index (χ0n) is 23.8. The van der Waals surface area contributed by atoms with Gasteiger partial charge >= 0.3 is 5.76 Å². The summed E-state index contributed by atoms with van der Waals surface area (Å²) in [5.41, 5.74) is 14.3. The lowest BCUT2D eigenvalue weighted by Crippen LogP contribution is -2.36. The third-order valence-corrected chi connectivity index (χ3v) is 7.80. The molecule has 0 spiro atoms. The maximum atomic E-state index is 13.5. The molecule has 3 heterocycles. The predicted octanol–water partition coefficient (Wildman–Crippen LogP) is 0.924. The third kappa shape index (κ3) is 4.92. The number of aromatic amines is 1. The van der Waals surface area contributed by atoms with Crippen LogP contribution in [0.1, 0.15) is 50.1 Å². The van der Waals surface area contributed by atoms with Crippen LogP contribution in [0.5, 0.6) is 0 Å². The molecule has 3 aromatic heterocycles. The van der Waals surface area contributed by atoms with E-state index in [0.29, 0.717) is 35.5 Å². The number of aromatic nitrogens is 5. The highest BCUT2D eigenvalue weighted by Crippen LogP contribution is 2.33. The van der Waals surface area contributed by atoms with Gasteiger partial charge in [0.2, 0.25) is 0 Å². The summed E-state index contributed by atoms with van der Waals surface area (Å²) in [6.45, 7) is 0.0843. The van der Waals surface area contributed by atoms with Gasteiger partial charge in [-0.15, -0.1) is 0 Å². The molecule has 0 saturated heterocycles. The van der Waals surface area contributed by atoms with Crippen LogP contribution in [-0.4, -0.2) is 36.6 Å². The second-order valence-corrected chi connectivity index (χ2v) is 10.7. The third-order valence-electron chi connectivity index (χ3n) is 7.80. The molecule has 1 aliphatic carbocycles. The Morgan fingerprint density at radius 3 is 2.67 bits per heavy atom. The smallest absolute Gasteiger partial charge is 0.394 e. The van der Waals surface area contributed by atoms with Gasteiger partial charge in [-0.1, -0.05) is 29.4 Å². The summed E-state index contributed by atoms with van der Waals surface area (Å²) in [4.78, 5) is 68.3. The van der Waals surface area contributed by atoms with E-state index in [0.717, 1.165) is 11.1 Å². The average molecular weight is 621 g/mol. The molecular weight excluding hydrogens is 596 g/mol. The number of hydrogen-bond acceptors (Lipinski definition) is 12. The number of amides is 2. The second-order valence-electron chi connectivity index (χ2n) is 10.7. The Morgan fingerprint density at radius 1 is 1.04 bits per heavy atom. The fourth-order valence-electron chi connectivity index (χ4n) is 5.47. The van der Waals surface area contributed by atoms with Crippen molar-refractivity contribution in [1.29, 1.82) is 0 Å². The zero-order valence-corrected chi connectivity index (χ0v) is 23.8. The van der Waals surface area contributed by atoms with Crippen LogP contribution in [0.4, 0.5) is 22.7 Å². The monoisotopic (exact) mass is 620 g/mol. The molecule has 0 saturated carbocycles. The molecule has 0 unspecified atom stereocenters. The van der Waals surface area contributed by atoms with Gasteiger partial charge in [0.05, 0.1) is 17.9 Å². The number of nitrogen functional groups attached to an aromatic ring is 2. The van der Waals surface area contributed by atoms with E-state index in [1.54, 1.807) is 30.3 Å². The molecule has 0 aliphatic heterocycles. The van der Waals surface area contributed by atoms with Crippen molar-refractivity contribution in [1.82, 2.24) is 35.4 Å². The van der Waals surface area contributed by atoms with Crippen molar-refractivity contribution in [3.8, 4) is 11.4 Å². The number of carbonyl (C=O) groups is 2. The van der Waals surface area contributed by atoms with Crippen molar-refractivity contribution in [3.63, 3.8) is 0 Å². The lowest BCUT2D eigenvalue weighted by Gasteiger charge is -2.15. The number of carbonyl (C=O) groups excluding carboxylic acids is 2. The standard InChI is InChI=1S/C30H24N10O6/c31-18-12-34-40-21(29(44)33-11-13-2-1-3-16(8-13)35-23-22(32)24(41)25(23)42)10-20(36-27(18)40)28(43)37-19-7-5-14-9-15(4-6-17(14)19)26-38-30(45)46-39-26/h1-4,6,8-10,12,19,35H,5,7,11,31-32H2,(H,33,44)(H,37,43)(H,38,39,45)/t19-/m0/s1. The van der Waals surface area contributed by atoms with Crippen molar-refractivity contribution in [2.75, 3.05) is 16.8 Å². The maximum absolute atomic E-state index is 13.5. The normalized spacial score (nSPS) is 14.0. The van der Waals surface area contributed by atoms with Gasteiger partial charge in [-0.3, -0.25) is 28.7 Å². The van der Waals surface area contributed by atoms with Gasteiger partial charge in [0.15, 0.2) is 11.5 Å². The number of nitrogens with two attached hydrogens (primary N) is 2.